The van der Waals surface area contributed by atoms with Crippen LogP contribution in [0.3, 0.4) is 0 Å². The third-order valence-electron chi connectivity index (χ3n) is 4.91. The fourth-order valence-corrected chi connectivity index (χ4v) is 3.36. The van der Waals surface area contributed by atoms with E-state index in [1.54, 1.807) is 24.3 Å². The third kappa shape index (κ3) is 5.05. The van der Waals surface area contributed by atoms with Crippen LogP contribution in [0.25, 0.3) is 11.1 Å². The van der Waals surface area contributed by atoms with Gasteiger partial charge in [0.15, 0.2) is 0 Å². The number of carbonyl (C=O) groups excluding carboxylic acids is 1. The fraction of sp³-hybridized carbons (Fsp3) is 0.227. The Kier molecular flexibility index (Phi) is 6.70. The molecule has 3 aromatic rings. The number of hydrogen-bond acceptors (Lipinski definition) is 6. The molecule has 0 saturated heterocycles. The van der Waals surface area contributed by atoms with Crippen LogP contribution in [0.1, 0.15) is 12.5 Å². The van der Waals surface area contributed by atoms with Gasteiger partial charge < -0.3 is 20.5 Å². The normalized spacial score (nSPS) is 11.2. The van der Waals surface area contributed by atoms with Crippen molar-refractivity contribution in [2.24, 2.45) is 7.05 Å². The van der Waals surface area contributed by atoms with Gasteiger partial charge in [-0.3, -0.25) is 18.7 Å². The van der Waals surface area contributed by atoms with E-state index in [0.29, 0.717) is 11.3 Å². The van der Waals surface area contributed by atoms with Gasteiger partial charge in [-0.05, 0) is 29.8 Å². The molecular weight excluding hydrogens is 457 g/mol. The fourth-order valence-electron chi connectivity index (χ4n) is 3.36. The highest BCUT2D eigenvalue weighted by molar-refractivity contribution is 5.97. The summed E-state index contributed by atoms with van der Waals surface area (Å²) in [6, 6.07) is 10.00. The summed E-state index contributed by atoms with van der Waals surface area (Å²) < 4.78 is 50.3. The van der Waals surface area contributed by atoms with Crippen molar-refractivity contribution in [2.45, 2.75) is 19.8 Å². The SMILES string of the molecule is COc1ccc(Cn2c(=O)c(-c3c(NC(C)=O)cccc3OC(F)(F)F)c(N)n(C)c2=O)cc1. The maximum Gasteiger partial charge on any atom is 0.573 e. The molecule has 34 heavy (non-hydrogen) atoms. The van der Waals surface area contributed by atoms with Gasteiger partial charge >= 0.3 is 12.1 Å². The standard InChI is InChI=1S/C22H21F3N4O5/c1-12(30)27-15-5-4-6-16(34-22(23,24)25)17(15)18-19(26)28(2)21(32)29(20(18)31)11-13-7-9-14(33-3)10-8-13/h4-10H,11,26H2,1-3H3,(H,27,30). The number of methoxy groups -OCH3 is 1. The second-order valence-electron chi connectivity index (χ2n) is 7.25. The van der Waals surface area contributed by atoms with Crippen molar-refractivity contribution in [1.82, 2.24) is 9.13 Å². The van der Waals surface area contributed by atoms with E-state index in [1.807, 2.05) is 0 Å². The first kappa shape index (κ1) is 24.4. The molecule has 1 aromatic heterocycles. The van der Waals surface area contributed by atoms with Gasteiger partial charge in [0.05, 0.1) is 30.5 Å². The van der Waals surface area contributed by atoms with Gasteiger partial charge in [-0.15, -0.1) is 13.2 Å². The van der Waals surface area contributed by atoms with E-state index in [0.717, 1.165) is 22.1 Å². The Morgan fingerprint density at radius 1 is 1.09 bits per heavy atom. The van der Waals surface area contributed by atoms with Crippen LogP contribution in [0.5, 0.6) is 11.5 Å². The average Bonchev–Trinajstić information content (AvgIpc) is 2.76. The van der Waals surface area contributed by atoms with Crippen LogP contribution in [-0.2, 0) is 18.4 Å². The van der Waals surface area contributed by atoms with Crippen LogP contribution in [-0.4, -0.2) is 28.5 Å². The van der Waals surface area contributed by atoms with Crippen LogP contribution in [0.4, 0.5) is 24.7 Å². The zero-order valence-electron chi connectivity index (χ0n) is 18.4. The smallest absolute Gasteiger partial charge is 0.497 e. The van der Waals surface area contributed by atoms with E-state index in [9.17, 15) is 27.6 Å². The van der Waals surface area contributed by atoms with E-state index < -0.39 is 46.2 Å². The van der Waals surface area contributed by atoms with Gasteiger partial charge in [0.1, 0.15) is 17.3 Å². The maximum atomic E-state index is 13.4. The number of benzene rings is 2. The van der Waals surface area contributed by atoms with Gasteiger partial charge in [-0.2, -0.15) is 0 Å². The van der Waals surface area contributed by atoms with Crippen LogP contribution in [0, 0.1) is 0 Å². The van der Waals surface area contributed by atoms with Gasteiger partial charge in [0, 0.05) is 14.0 Å². The predicted molar refractivity (Wildman–Crippen MR) is 119 cm³/mol. The van der Waals surface area contributed by atoms with Crippen molar-refractivity contribution < 1.29 is 27.4 Å². The molecule has 1 amide bonds. The lowest BCUT2D eigenvalue weighted by molar-refractivity contribution is -0.274. The summed E-state index contributed by atoms with van der Waals surface area (Å²) in [5, 5.41) is 2.38. The lowest BCUT2D eigenvalue weighted by Crippen LogP contribution is -2.41. The van der Waals surface area contributed by atoms with Crippen LogP contribution >= 0.6 is 0 Å². The van der Waals surface area contributed by atoms with Crippen molar-refractivity contribution in [1.29, 1.82) is 0 Å². The van der Waals surface area contributed by atoms with Crippen LogP contribution in [0.15, 0.2) is 52.1 Å². The molecule has 0 aliphatic rings. The summed E-state index contributed by atoms with van der Waals surface area (Å²) in [6.07, 6.45) is -5.10. The second kappa shape index (κ2) is 9.33. The molecule has 180 valence electrons. The lowest BCUT2D eigenvalue weighted by Gasteiger charge is -2.20. The first-order valence-corrected chi connectivity index (χ1v) is 9.82. The van der Waals surface area contributed by atoms with Gasteiger partial charge in [0.2, 0.25) is 5.91 Å². The number of aromatic nitrogens is 2. The number of hydrogen-bond donors (Lipinski definition) is 2. The Hall–Kier alpha value is -4.22. The number of nitrogens with one attached hydrogen (secondary N) is 1. The summed E-state index contributed by atoms with van der Waals surface area (Å²) in [5.41, 5.74) is 3.87. The summed E-state index contributed by atoms with van der Waals surface area (Å²) in [7, 11) is 2.76. The summed E-state index contributed by atoms with van der Waals surface area (Å²) >= 11 is 0. The van der Waals surface area contributed by atoms with Crippen molar-refractivity contribution in [3.05, 3.63) is 68.9 Å². The van der Waals surface area contributed by atoms with Crippen LogP contribution < -0.4 is 31.8 Å². The molecule has 0 atom stereocenters. The number of anilines is 2. The molecular formula is C22H21F3N4O5. The van der Waals surface area contributed by atoms with Crippen molar-refractivity contribution >= 4 is 17.4 Å². The molecule has 9 nitrogen and oxygen atoms in total. The number of nitrogens with two attached hydrogens (primary N) is 1. The van der Waals surface area contributed by atoms with Crippen molar-refractivity contribution in [3.8, 4) is 22.6 Å². The topological polar surface area (TPSA) is 118 Å². The van der Waals surface area contributed by atoms with Crippen molar-refractivity contribution in [3.63, 3.8) is 0 Å². The number of ether oxygens (including phenoxy) is 2. The number of amides is 1. The number of rotatable bonds is 6. The second-order valence-corrected chi connectivity index (χ2v) is 7.25. The molecule has 0 fully saturated rings. The minimum absolute atomic E-state index is 0.146. The summed E-state index contributed by atoms with van der Waals surface area (Å²) in [4.78, 5) is 38.0. The van der Waals surface area contributed by atoms with Crippen LogP contribution in [0.2, 0.25) is 0 Å². The van der Waals surface area contributed by atoms with E-state index >= 15 is 0 Å². The van der Waals surface area contributed by atoms with Gasteiger partial charge in [0.25, 0.3) is 5.56 Å². The van der Waals surface area contributed by atoms with Gasteiger partial charge in [-0.25, -0.2) is 4.79 Å². The van der Waals surface area contributed by atoms with E-state index in [1.165, 1.54) is 26.3 Å². The molecule has 0 saturated carbocycles. The molecule has 0 aliphatic heterocycles. The number of nitrogens with zero attached hydrogens (tertiary/aromatic N) is 2. The number of nitrogen functional groups attached to an aromatic ring is 1. The molecule has 3 rings (SSSR count). The quantitative estimate of drug-likeness (QED) is 0.563. The first-order valence-electron chi connectivity index (χ1n) is 9.82. The summed E-state index contributed by atoms with van der Waals surface area (Å²) in [5.74, 6) is -1.21. The molecule has 0 spiro atoms. The predicted octanol–water partition coefficient (Wildman–Crippen LogP) is 2.71. The third-order valence-corrected chi connectivity index (χ3v) is 4.91. The highest BCUT2D eigenvalue weighted by Crippen LogP contribution is 2.39. The van der Waals surface area contributed by atoms with E-state index in [2.05, 4.69) is 10.1 Å². The van der Waals surface area contributed by atoms with E-state index in [-0.39, 0.29) is 12.2 Å². The Bertz CT molecular complexity index is 1340. The average molecular weight is 478 g/mol. The van der Waals surface area contributed by atoms with Crippen molar-refractivity contribution in [2.75, 3.05) is 18.2 Å². The molecule has 2 aromatic carbocycles. The van der Waals surface area contributed by atoms with Gasteiger partial charge in [-0.1, -0.05) is 18.2 Å². The van der Waals surface area contributed by atoms with E-state index in [4.69, 9.17) is 10.5 Å². The molecule has 3 N–H and O–H groups in total. The highest BCUT2D eigenvalue weighted by atomic mass is 19.4. The monoisotopic (exact) mass is 478 g/mol. The molecule has 1 heterocycles. The largest absolute Gasteiger partial charge is 0.573 e. The Morgan fingerprint density at radius 3 is 2.29 bits per heavy atom. The highest BCUT2D eigenvalue weighted by Gasteiger charge is 2.34. The number of alkyl halides is 3. The molecule has 0 bridgehead atoms. The Labute approximate surface area is 191 Å². The minimum atomic E-state index is -5.10. The summed E-state index contributed by atoms with van der Waals surface area (Å²) in [6.45, 7) is 0.952. The molecule has 0 radical (unpaired) electrons. The number of carbonyl (C=O) groups is 1. The molecule has 12 heteroatoms. The zero-order valence-corrected chi connectivity index (χ0v) is 18.4. The number of halogens is 3. The Morgan fingerprint density at radius 2 is 1.74 bits per heavy atom. The Balaban J connectivity index is 2.30. The maximum absolute atomic E-state index is 13.4. The lowest BCUT2D eigenvalue weighted by atomic mass is 10.0. The zero-order chi connectivity index (χ0) is 25.2. The first-order chi connectivity index (χ1) is 15.9. The minimum Gasteiger partial charge on any atom is -0.497 e. The molecule has 0 aliphatic carbocycles. The molecule has 0 unspecified atom stereocenters.